The van der Waals surface area contributed by atoms with Crippen molar-refractivity contribution in [2.45, 2.75) is 0 Å². The van der Waals surface area contributed by atoms with E-state index < -0.39 is 16.4 Å². The van der Waals surface area contributed by atoms with Crippen LogP contribution in [0.15, 0.2) is 67.0 Å². The van der Waals surface area contributed by atoms with Crippen molar-refractivity contribution >= 4 is 28.1 Å². The topological polar surface area (TPSA) is 73.0 Å². The first-order valence-corrected chi connectivity index (χ1v) is 8.24. The molecule has 0 saturated heterocycles. The van der Waals surface area contributed by atoms with Crippen LogP contribution in [0, 0.1) is 15.9 Å². The number of hydrogen-bond acceptors (Lipinski definition) is 4. The summed E-state index contributed by atoms with van der Waals surface area (Å²) in [5, 5.41) is 15.0. The van der Waals surface area contributed by atoms with Crippen LogP contribution < -0.4 is 5.32 Å². The second-order valence-electron chi connectivity index (χ2n) is 6.15. The standard InChI is InChI=1S/C20H15FN4O2/c1-24-12-16(15-4-2-3-5-18(15)24)13-8-9-22-20(10-13)23-14-6-7-17(21)19(11-14)25(26)27/h2-12H,1H3,(H,22,23). The van der Waals surface area contributed by atoms with Crippen LogP contribution in [0.5, 0.6) is 0 Å². The van der Waals surface area contributed by atoms with Crippen molar-refractivity contribution in [3.8, 4) is 11.1 Å². The lowest BCUT2D eigenvalue weighted by atomic mass is 10.1. The van der Waals surface area contributed by atoms with Gasteiger partial charge in [-0.3, -0.25) is 10.1 Å². The number of nitro benzene ring substituents is 1. The number of anilines is 2. The van der Waals surface area contributed by atoms with E-state index in [4.69, 9.17) is 0 Å². The largest absolute Gasteiger partial charge is 0.350 e. The summed E-state index contributed by atoms with van der Waals surface area (Å²) < 4.78 is 15.6. The number of nitrogens with one attached hydrogen (secondary N) is 1. The molecule has 0 aliphatic carbocycles. The zero-order chi connectivity index (χ0) is 19.0. The van der Waals surface area contributed by atoms with Crippen molar-refractivity contribution < 1.29 is 9.31 Å². The van der Waals surface area contributed by atoms with Gasteiger partial charge in [0.05, 0.1) is 4.92 Å². The number of halogens is 1. The van der Waals surface area contributed by atoms with Gasteiger partial charge in [-0.2, -0.15) is 4.39 Å². The molecule has 134 valence electrons. The second-order valence-corrected chi connectivity index (χ2v) is 6.15. The normalized spacial score (nSPS) is 10.9. The number of rotatable bonds is 4. The van der Waals surface area contributed by atoms with Gasteiger partial charge >= 0.3 is 5.69 Å². The number of pyridine rings is 1. The van der Waals surface area contributed by atoms with Crippen LogP contribution in [0.3, 0.4) is 0 Å². The van der Waals surface area contributed by atoms with Crippen molar-refractivity contribution in [1.82, 2.24) is 9.55 Å². The van der Waals surface area contributed by atoms with Crippen LogP contribution >= 0.6 is 0 Å². The average Bonchev–Trinajstić information content (AvgIpc) is 3.00. The van der Waals surface area contributed by atoms with Crippen LogP contribution in [-0.4, -0.2) is 14.5 Å². The zero-order valence-electron chi connectivity index (χ0n) is 14.4. The fourth-order valence-electron chi connectivity index (χ4n) is 3.12. The lowest BCUT2D eigenvalue weighted by Crippen LogP contribution is -1.97. The molecule has 0 radical (unpaired) electrons. The molecule has 0 saturated carbocycles. The van der Waals surface area contributed by atoms with E-state index >= 15 is 0 Å². The molecule has 0 aliphatic rings. The molecule has 4 aromatic rings. The molecule has 0 atom stereocenters. The molecule has 0 aliphatic heterocycles. The average molecular weight is 362 g/mol. The Bertz CT molecular complexity index is 1170. The van der Waals surface area contributed by atoms with Crippen LogP contribution in [-0.2, 0) is 7.05 Å². The highest BCUT2D eigenvalue weighted by atomic mass is 19.1. The Labute approximate surface area is 154 Å². The predicted molar refractivity (Wildman–Crippen MR) is 102 cm³/mol. The molecular weight excluding hydrogens is 347 g/mol. The third-order valence-corrected chi connectivity index (χ3v) is 4.38. The lowest BCUT2D eigenvalue weighted by Gasteiger charge is -2.07. The smallest absolute Gasteiger partial charge is 0.306 e. The number of fused-ring (bicyclic) bond motifs is 1. The number of aryl methyl sites for hydroxylation is 1. The molecule has 1 N–H and O–H groups in total. The Morgan fingerprint density at radius 1 is 1.15 bits per heavy atom. The van der Waals surface area contributed by atoms with Crippen molar-refractivity contribution in [2.24, 2.45) is 7.05 Å². The summed E-state index contributed by atoms with van der Waals surface area (Å²) in [7, 11) is 1.99. The highest BCUT2D eigenvalue weighted by molar-refractivity contribution is 5.96. The summed E-state index contributed by atoms with van der Waals surface area (Å²) in [6.07, 6.45) is 3.71. The van der Waals surface area contributed by atoms with Gasteiger partial charge in [-0.05, 0) is 35.9 Å². The lowest BCUT2D eigenvalue weighted by molar-refractivity contribution is -0.387. The molecule has 2 aromatic heterocycles. The van der Waals surface area contributed by atoms with Gasteiger partial charge < -0.3 is 9.88 Å². The van der Waals surface area contributed by atoms with Gasteiger partial charge in [0, 0.05) is 47.7 Å². The van der Waals surface area contributed by atoms with Crippen molar-refractivity contribution in [3.63, 3.8) is 0 Å². The van der Waals surface area contributed by atoms with E-state index in [2.05, 4.69) is 27.0 Å². The van der Waals surface area contributed by atoms with E-state index in [1.807, 2.05) is 37.5 Å². The first-order valence-electron chi connectivity index (χ1n) is 8.24. The molecular formula is C20H15FN4O2. The Morgan fingerprint density at radius 3 is 2.78 bits per heavy atom. The molecule has 0 fully saturated rings. The monoisotopic (exact) mass is 362 g/mol. The van der Waals surface area contributed by atoms with E-state index in [1.165, 1.54) is 6.07 Å². The van der Waals surface area contributed by atoms with Gasteiger partial charge in [0.2, 0.25) is 5.82 Å². The van der Waals surface area contributed by atoms with Gasteiger partial charge in [-0.25, -0.2) is 4.98 Å². The summed E-state index contributed by atoms with van der Waals surface area (Å²) in [6, 6.07) is 15.5. The number of aromatic nitrogens is 2. The van der Waals surface area contributed by atoms with E-state index in [-0.39, 0.29) is 0 Å². The van der Waals surface area contributed by atoms with Crippen LogP contribution in [0.1, 0.15) is 0 Å². The molecule has 0 unspecified atom stereocenters. The highest BCUT2D eigenvalue weighted by Gasteiger charge is 2.15. The summed E-state index contributed by atoms with van der Waals surface area (Å²) in [5.74, 6) is -0.357. The minimum absolute atomic E-state index is 0.394. The number of nitrogens with zero attached hydrogens (tertiary/aromatic N) is 3. The maximum Gasteiger partial charge on any atom is 0.306 e. The maximum absolute atomic E-state index is 13.5. The molecule has 27 heavy (non-hydrogen) atoms. The summed E-state index contributed by atoms with van der Waals surface area (Å²) in [4.78, 5) is 14.4. The summed E-state index contributed by atoms with van der Waals surface area (Å²) >= 11 is 0. The molecule has 4 rings (SSSR count). The minimum atomic E-state index is -0.872. The number of para-hydroxylation sites is 1. The molecule has 0 amide bonds. The number of nitro groups is 1. The molecule has 0 spiro atoms. The quantitative estimate of drug-likeness (QED) is 0.408. The van der Waals surface area contributed by atoms with Gasteiger partial charge in [0.15, 0.2) is 0 Å². The fourth-order valence-corrected chi connectivity index (χ4v) is 3.12. The second kappa shape index (κ2) is 6.53. The molecule has 2 heterocycles. The summed E-state index contributed by atoms with van der Waals surface area (Å²) in [6.45, 7) is 0. The SMILES string of the molecule is Cn1cc(-c2ccnc(Nc3ccc(F)c([N+](=O)[O-])c3)c2)c2ccccc21. The van der Waals surface area contributed by atoms with E-state index in [0.717, 1.165) is 34.2 Å². The van der Waals surface area contributed by atoms with Crippen molar-refractivity contribution in [3.05, 3.63) is 82.9 Å². The Hall–Kier alpha value is -3.74. The van der Waals surface area contributed by atoms with Crippen molar-refractivity contribution in [2.75, 3.05) is 5.32 Å². The van der Waals surface area contributed by atoms with E-state index in [9.17, 15) is 14.5 Å². The summed E-state index contributed by atoms with van der Waals surface area (Å²) in [5.41, 5.74) is 2.95. The van der Waals surface area contributed by atoms with Crippen LogP contribution in [0.25, 0.3) is 22.0 Å². The van der Waals surface area contributed by atoms with Crippen molar-refractivity contribution in [1.29, 1.82) is 0 Å². The highest BCUT2D eigenvalue weighted by Crippen LogP contribution is 2.31. The van der Waals surface area contributed by atoms with Gasteiger partial charge in [-0.15, -0.1) is 0 Å². The zero-order valence-corrected chi connectivity index (χ0v) is 14.4. The minimum Gasteiger partial charge on any atom is -0.350 e. The molecule has 0 bridgehead atoms. The first kappa shape index (κ1) is 16.7. The Morgan fingerprint density at radius 2 is 1.96 bits per heavy atom. The first-order chi connectivity index (χ1) is 13.0. The third-order valence-electron chi connectivity index (χ3n) is 4.38. The predicted octanol–water partition coefficient (Wildman–Crippen LogP) is 5.03. The van der Waals surface area contributed by atoms with E-state index in [0.29, 0.717) is 11.5 Å². The fraction of sp³-hybridized carbons (Fsp3) is 0.0500. The number of hydrogen-bond donors (Lipinski definition) is 1. The van der Waals surface area contributed by atoms with Crippen LogP contribution in [0.4, 0.5) is 21.6 Å². The van der Waals surface area contributed by atoms with Gasteiger partial charge in [0.25, 0.3) is 0 Å². The third kappa shape index (κ3) is 3.10. The molecule has 7 heteroatoms. The number of benzene rings is 2. The maximum atomic E-state index is 13.5. The Kier molecular flexibility index (Phi) is 4.04. The molecule has 2 aromatic carbocycles. The Balaban J connectivity index is 1.71. The molecule has 6 nitrogen and oxygen atoms in total. The van der Waals surface area contributed by atoms with Gasteiger partial charge in [0.1, 0.15) is 5.82 Å². The van der Waals surface area contributed by atoms with E-state index in [1.54, 1.807) is 6.20 Å². The van der Waals surface area contributed by atoms with Crippen LogP contribution in [0.2, 0.25) is 0 Å². The van der Waals surface area contributed by atoms with Gasteiger partial charge in [-0.1, -0.05) is 18.2 Å².